The summed E-state index contributed by atoms with van der Waals surface area (Å²) >= 11 is 3.44. The number of hydrogen-bond acceptors (Lipinski definition) is 5. The van der Waals surface area contributed by atoms with Crippen molar-refractivity contribution in [1.82, 2.24) is 5.32 Å². The molecule has 1 aliphatic heterocycles. The van der Waals surface area contributed by atoms with E-state index in [9.17, 15) is 27.6 Å². The maximum absolute atomic E-state index is 13.6. The minimum Gasteiger partial charge on any atom is -0.465 e. The third-order valence-corrected chi connectivity index (χ3v) is 7.03. The molecule has 0 aromatic heterocycles. The Labute approximate surface area is 240 Å². The highest BCUT2D eigenvalue weighted by molar-refractivity contribution is 9.10. The number of nitrogens with zero attached hydrogens (tertiary/aromatic N) is 1. The van der Waals surface area contributed by atoms with Gasteiger partial charge in [0.15, 0.2) is 0 Å². The Morgan fingerprint density at radius 3 is 2.40 bits per heavy atom. The maximum Gasteiger partial charge on any atom is 0.389 e. The van der Waals surface area contributed by atoms with Crippen molar-refractivity contribution in [3.63, 3.8) is 0 Å². The number of carbonyl (C=O) groups is 3. The number of anilines is 1. The number of hydrogen-bond donors (Lipinski definition) is 2. The zero-order valence-electron chi connectivity index (χ0n) is 22.6. The molecule has 0 fully saturated rings. The first-order valence-corrected chi connectivity index (χ1v) is 14.0. The number of benzene rings is 2. The topological polar surface area (TPSA) is 96.9 Å². The fourth-order valence-electron chi connectivity index (χ4n) is 4.45. The van der Waals surface area contributed by atoms with Gasteiger partial charge in [-0.3, -0.25) is 14.4 Å². The summed E-state index contributed by atoms with van der Waals surface area (Å²) in [6.45, 7) is 5.51. The quantitative estimate of drug-likeness (QED) is 0.289. The first kappa shape index (κ1) is 31.3. The van der Waals surface area contributed by atoms with Crippen molar-refractivity contribution in [2.75, 3.05) is 11.9 Å². The zero-order valence-corrected chi connectivity index (χ0v) is 24.1. The molecule has 3 unspecified atom stereocenters. The van der Waals surface area contributed by atoms with E-state index in [1.165, 1.54) is 0 Å². The van der Waals surface area contributed by atoms with E-state index in [1.807, 2.05) is 19.9 Å². The van der Waals surface area contributed by atoms with Gasteiger partial charge in [0.1, 0.15) is 0 Å². The number of esters is 1. The first-order chi connectivity index (χ1) is 18.9. The summed E-state index contributed by atoms with van der Waals surface area (Å²) in [5.41, 5.74) is 2.13. The lowest BCUT2D eigenvalue weighted by Crippen LogP contribution is -2.47. The number of amides is 2. The number of benzodiazepines with no additional fused rings is 1. The van der Waals surface area contributed by atoms with Crippen LogP contribution in [0, 0.1) is 17.8 Å². The van der Waals surface area contributed by atoms with Gasteiger partial charge in [0.05, 0.1) is 29.8 Å². The number of nitrogens with one attached hydrogen (secondary N) is 2. The molecular formula is C29H33BrF3N3O4. The Balaban J connectivity index is 1.98. The summed E-state index contributed by atoms with van der Waals surface area (Å²) in [6.07, 6.45) is -7.29. The lowest BCUT2D eigenvalue weighted by molar-refractivity contribution is -0.158. The SMILES string of the molecule is CCCC(C(=O)OCC(C)C)C(CCC(F)(F)F)C(=O)NC1N=C(c2ccccc2)c2cccc(Br)c2NC1=O. The van der Waals surface area contributed by atoms with E-state index in [0.717, 1.165) is 0 Å². The van der Waals surface area contributed by atoms with Crippen molar-refractivity contribution in [3.05, 3.63) is 64.1 Å². The summed E-state index contributed by atoms with van der Waals surface area (Å²) in [7, 11) is 0. The minimum absolute atomic E-state index is 0.00932. The molecule has 0 saturated heterocycles. The predicted octanol–water partition coefficient (Wildman–Crippen LogP) is 6.26. The average Bonchev–Trinajstić information content (AvgIpc) is 3.03. The summed E-state index contributed by atoms with van der Waals surface area (Å²) < 4.78 is 45.7. The third kappa shape index (κ3) is 8.39. The van der Waals surface area contributed by atoms with E-state index in [0.29, 0.717) is 33.4 Å². The van der Waals surface area contributed by atoms with Crippen molar-refractivity contribution < 1.29 is 32.3 Å². The van der Waals surface area contributed by atoms with Crippen LogP contribution in [0.5, 0.6) is 0 Å². The molecule has 2 aromatic rings. The maximum atomic E-state index is 13.6. The van der Waals surface area contributed by atoms with Gasteiger partial charge in [-0.2, -0.15) is 13.2 Å². The van der Waals surface area contributed by atoms with E-state index in [4.69, 9.17) is 4.74 Å². The van der Waals surface area contributed by atoms with Gasteiger partial charge in [0.2, 0.25) is 12.1 Å². The molecule has 0 radical (unpaired) electrons. The van der Waals surface area contributed by atoms with E-state index < -0.39 is 54.8 Å². The second kappa shape index (κ2) is 13.9. The first-order valence-electron chi connectivity index (χ1n) is 13.2. The molecule has 2 aromatic carbocycles. The number of ether oxygens (including phenoxy) is 1. The molecule has 7 nitrogen and oxygen atoms in total. The summed E-state index contributed by atoms with van der Waals surface area (Å²) in [4.78, 5) is 44.4. The molecule has 2 N–H and O–H groups in total. The number of carbonyl (C=O) groups excluding carboxylic acids is 3. The van der Waals surface area contributed by atoms with Gasteiger partial charge in [-0.25, -0.2) is 4.99 Å². The number of rotatable bonds is 11. The van der Waals surface area contributed by atoms with Crippen molar-refractivity contribution >= 4 is 45.1 Å². The van der Waals surface area contributed by atoms with E-state index in [-0.39, 0.29) is 18.9 Å². The average molecular weight is 624 g/mol. The van der Waals surface area contributed by atoms with Crippen LogP contribution in [-0.4, -0.2) is 42.4 Å². The highest BCUT2D eigenvalue weighted by Gasteiger charge is 2.39. The third-order valence-electron chi connectivity index (χ3n) is 6.37. The molecule has 0 bridgehead atoms. The molecular weight excluding hydrogens is 591 g/mol. The van der Waals surface area contributed by atoms with Crippen LogP contribution in [-0.2, 0) is 19.1 Å². The predicted molar refractivity (Wildman–Crippen MR) is 150 cm³/mol. The summed E-state index contributed by atoms with van der Waals surface area (Å²) in [5, 5.41) is 5.29. The van der Waals surface area contributed by atoms with Gasteiger partial charge >= 0.3 is 12.1 Å². The second-order valence-corrected chi connectivity index (χ2v) is 10.9. The van der Waals surface area contributed by atoms with E-state index >= 15 is 0 Å². The van der Waals surface area contributed by atoms with Crippen LogP contribution < -0.4 is 10.6 Å². The smallest absolute Gasteiger partial charge is 0.389 e. The molecule has 0 spiro atoms. The van der Waals surface area contributed by atoms with Crippen LogP contribution in [0.15, 0.2) is 58.0 Å². The Kier molecular flexibility index (Phi) is 10.9. The van der Waals surface area contributed by atoms with E-state index in [1.54, 1.807) is 49.4 Å². The van der Waals surface area contributed by atoms with Gasteiger partial charge in [-0.15, -0.1) is 0 Å². The van der Waals surface area contributed by atoms with Gasteiger partial charge in [0.25, 0.3) is 5.91 Å². The molecule has 40 heavy (non-hydrogen) atoms. The van der Waals surface area contributed by atoms with E-state index in [2.05, 4.69) is 31.6 Å². The lowest BCUT2D eigenvalue weighted by atomic mass is 9.84. The Morgan fingerprint density at radius 2 is 1.77 bits per heavy atom. The van der Waals surface area contributed by atoms with Crippen LogP contribution >= 0.6 is 15.9 Å². The number of fused-ring (bicyclic) bond motifs is 1. The van der Waals surface area contributed by atoms with Crippen LogP contribution in [0.25, 0.3) is 0 Å². The normalized spacial score (nSPS) is 16.8. The van der Waals surface area contributed by atoms with Crippen molar-refractivity contribution in [3.8, 4) is 0 Å². The van der Waals surface area contributed by atoms with Crippen LogP contribution in [0.4, 0.5) is 18.9 Å². The van der Waals surface area contributed by atoms with Crippen molar-refractivity contribution in [1.29, 1.82) is 0 Å². The molecule has 11 heteroatoms. The van der Waals surface area contributed by atoms with Gasteiger partial charge in [0, 0.05) is 22.0 Å². The molecule has 1 heterocycles. The molecule has 1 aliphatic rings. The van der Waals surface area contributed by atoms with Crippen LogP contribution in [0.2, 0.25) is 0 Å². The van der Waals surface area contributed by atoms with Gasteiger partial charge in [-0.1, -0.05) is 69.7 Å². The molecule has 2 amide bonds. The lowest BCUT2D eigenvalue weighted by Gasteiger charge is -2.27. The van der Waals surface area contributed by atoms with Crippen molar-refractivity contribution in [2.24, 2.45) is 22.7 Å². The fraction of sp³-hybridized carbons (Fsp3) is 0.448. The number of para-hydroxylation sites is 1. The number of halogens is 4. The van der Waals surface area contributed by atoms with Crippen molar-refractivity contribution in [2.45, 2.75) is 58.8 Å². The Morgan fingerprint density at radius 1 is 1.07 bits per heavy atom. The number of alkyl halides is 3. The fourth-order valence-corrected chi connectivity index (χ4v) is 4.91. The number of aliphatic imine (C=N–C) groups is 1. The summed E-state index contributed by atoms with van der Waals surface area (Å²) in [5.74, 6) is -4.74. The largest absolute Gasteiger partial charge is 0.465 e. The second-order valence-electron chi connectivity index (χ2n) is 10.1. The highest BCUT2D eigenvalue weighted by atomic mass is 79.9. The highest BCUT2D eigenvalue weighted by Crippen LogP contribution is 2.33. The Bertz CT molecular complexity index is 1230. The molecule has 0 saturated carbocycles. The molecule has 216 valence electrons. The van der Waals surface area contributed by atoms with Crippen LogP contribution in [0.3, 0.4) is 0 Å². The molecule has 3 rings (SSSR count). The van der Waals surface area contributed by atoms with Gasteiger partial charge < -0.3 is 15.4 Å². The minimum atomic E-state index is -4.54. The summed E-state index contributed by atoms with van der Waals surface area (Å²) in [6, 6.07) is 14.3. The zero-order chi connectivity index (χ0) is 29.4. The van der Waals surface area contributed by atoms with Crippen LogP contribution in [0.1, 0.15) is 57.6 Å². The monoisotopic (exact) mass is 623 g/mol. The molecule has 0 aliphatic carbocycles. The van der Waals surface area contributed by atoms with Gasteiger partial charge in [-0.05, 0) is 40.8 Å². The standard InChI is InChI=1S/C29H33BrF3N3O4/c1-4-9-20(28(39)40-16-17(2)3)19(14-15-29(31,32)33)26(37)36-25-27(38)35-24-21(12-8-13-22(24)30)23(34-25)18-10-6-5-7-11-18/h5-8,10-13,17,19-20,25H,4,9,14-16H2,1-3H3,(H,35,38)(H,36,37). The molecule has 3 atom stereocenters. The Hall–Kier alpha value is -3.21.